The van der Waals surface area contributed by atoms with Gasteiger partial charge in [0, 0.05) is 27.7 Å². The first-order chi connectivity index (χ1) is 17.9. The number of esters is 4. The predicted octanol–water partition coefficient (Wildman–Crippen LogP) is 1.08. The molecule has 216 valence electrons. The fraction of sp³-hybridized carbons (Fsp3) is 0.800. The smallest absolute Gasteiger partial charge is 0.303 e. The van der Waals surface area contributed by atoms with Crippen LogP contribution in [0.1, 0.15) is 60.8 Å². The van der Waals surface area contributed by atoms with Gasteiger partial charge in [0.25, 0.3) is 0 Å². The molecule has 2 saturated heterocycles. The minimum atomic E-state index is -1.29. The van der Waals surface area contributed by atoms with E-state index >= 15 is 0 Å². The van der Waals surface area contributed by atoms with Crippen molar-refractivity contribution >= 4 is 41.5 Å². The number of rotatable bonds is 11. The molecule has 2 aliphatic rings. The van der Waals surface area contributed by atoms with Gasteiger partial charge in [-0.25, -0.2) is 0 Å². The average molecular weight is 561 g/mol. The summed E-state index contributed by atoms with van der Waals surface area (Å²) in [5.41, 5.74) is -0.859. The monoisotopic (exact) mass is 560 g/mol. The number of ether oxygens (including phenoxy) is 5. The molecule has 0 aromatic carbocycles. The lowest BCUT2D eigenvalue weighted by Crippen LogP contribution is -2.68. The number of carbonyl (C=O) groups excluding carboxylic acids is 5. The van der Waals surface area contributed by atoms with Gasteiger partial charge in [0.1, 0.15) is 17.6 Å². The Kier molecular flexibility index (Phi) is 12.3. The summed E-state index contributed by atoms with van der Waals surface area (Å²) in [6.45, 7) is 9.15. The second kappa shape index (κ2) is 14.7. The Morgan fingerprint density at radius 2 is 1.53 bits per heavy atom. The van der Waals surface area contributed by atoms with E-state index in [2.05, 4.69) is 17.6 Å². The first-order valence-corrected chi connectivity index (χ1v) is 14.1. The van der Waals surface area contributed by atoms with Gasteiger partial charge in [-0.3, -0.25) is 24.0 Å². The predicted molar refractivity (Wildman–Crippen MR) is 137 cm³/mol. The van der Waals surface area contributed by atoms with Crippen LogP contribution in [0.15, 0.2) is 0 Å². The molecule has 0 aromatic rings. The highest BCUT2D eigenvalue weighted by Gasteiger charge is 2.55. The number of hydrogen-bond donors (Lipinski definition) is 2. The van der Waals surface area contributed by atoms with E-state index < -0.39 is 71.9 Å². The van der Waals surface area contributed by atoms with Crippen molar-refractivity contribution in [1.29, 1.82) is 0 Å². The third-order valence-corrected chi connectivity index (χ3v) is 7.27. The molecule has 0 saturated carbocycles. The van der Waals surface area contributed by atoms with Crippen molar-refractivity contribution in [2.75, 3.05) is 12.8 Å². The van der Waals surface area contributed by atoms with E-state index in [1.54, 1.807) is 13.2 Å². The summed E-state index contributed by atoms with van der Waals surface area (Å²) < 4.78 is 28.2. The highest BCUT2D eigenvalue weighted by atomic mass is 32.2. The summed E-state index contributed by atoms with van der Waals surface area (Å²) in [4.78, 5) is 61.3. The molecule has 2 aliphatic heterocycles. The van der Waals surface area contributed by atoms with Crippen LogP contribution in [0.5, 0.6) is 0 Å². The Hall–Kier alpha value is -2.38. The zero-order valence-electron chi connectivity index (χ0n) is 23.0. The molecule has 2 rings (SSSR count). The van der Waals surface area contributed by atoms with Crippen molar-refractivity contribution in [2.45, 2.75) is 109 Å². The molecule has 0 spiro atoms. The van der Waals surface area contributed by atoms with E-state index in [1.165, 1.54) is 39.5 Å². The SMILES string of the molecule is CCC[C@H]1CN[C@H](C(=O)N[C@@H]([C@H]2O[C@H](SC)[C@H](OC(C)=O)[C@@H](OC(C)=O)[C@H]2OC(C)=O)[C@H](C)OC(C)=O)C1. The van der Waals surface area contributed by atoms with Gasteiger partial charge >= 0.3 is 23.9 Å². The molecule has 0 radical (unpaired) electrons. The second-order valence-electron chi connectivity index (χ2n) is 9.63. The van der Waals surface area contributed by atoms with Gasteiger partial charge in [-0.05, 0) is 38.5 Å². The van der Waals surface area contributed by atoms with Gasteiger partial charge in [0.05, 0.1) is 12.1 Å². The van der Waals surface area contributed by atoms with Gasteiger partial charge in [-0.2, -0.15) is 0 Å². The molecule has 2 N–H and O–H groups in total. The largest absolute Gasteiger partial charge is 0.461 e. The molecule has 13 heteroatoms. The standard InChI is InChI=1S/C25H40N2O10S/c1-8-9-17-10-18(26-11-17)24(32)27-19(12(2)33-13(3)28)20-21(34-14(4)29)22(35-15(5)30)23(36-16(6)31)25(37-20)38-7/h12,17-23,25-26H,8-11H2,1-7H3,(H,27,32)/t12-,17+,18-,19+,20+,21-,22-,23+,25+/m0/s1. The quantitative estimate of drug-likeness (QED) is 0.274. The van der Waals surface area contributed by atoms with Gasteiger partial charge in [-0.15, -0.1) is 11.8 Å². The average Bonchev–Trinajstić information content (AvgIpc) is 3.27. The van der Waals surface area contributed by atoms with E-state index in [0.717, 1.165) is 12.8 Å². The zero-order valence-corrected chi connectivity index (χ0v) is 23.8. The summed E-state index contributed by atoms with van der Waals surface area (Å²) in [6.07, 6.45) is -1.36. The number of carbonyl (C=O) groups is 5. The first kappa shape index (κ1) is 31.8. The van der Waals surface area contributed by atoms with Gasteiger partial charge in [-0.1, -0.05) is 13.3 Å². The molecule has 2 heterocycles. The van der Waals surface area contributed by atoms with Crippen molar-refractivity contribution < 1.29 is 47.7 Å². The Morgan fingerprint density at radius 3 is 2.05 bits per heavy atom. The first-order valence-electron chi connectivity index (χ1n) is 12.8. The van der Waals surface area contributed by atoms with Crippen LogP contribution in [0.25, 0.3) is 0 Å². The van der Waals surface area contributed by atoms with Crippen molar-refractivity contribution in [3.8, 4) is 0 Å². The maximum atomic E-state index is 13.4. The topological polar surface area (TPSA) is 156 Å². The van der Waals surface area contributed by atoms with Crippen LogP contribution < -0.4 is 10.6 Å². The lowest BCUT2D eigenvalue weighted by Gasteiger charge is -2.47. The van der Waals surface area contributed by atoms with E-state index in [4.69, 9.17) is 23.7 Å². The summed E-state index contributed by atoms with van der Waals surface area (Å²) in [5.74, 6) is -2.62. The minimum Gasteiger partial charge on any atom is -0.461 e. The van der Waals surface area contributed by atoms with Crippen LogP contribution in [-0.4, -0.2) is 90.6 Å². The third kappa shape index (κ3) is 8.84. The van der Waals surface area contributed by atoms with Crippen LogP contribution >= 0.6 is 11.8 Å². The molecular formula is C25H40N2O10S. The third-order valence-electron chi connectivity index (χ3n) is 6.43. The fourth-order valence-corrected chi connectivity index (χ4v) is 5.70. The number of amides is 1. The summed E-state index contributed by atoms with van der Waals surface area (Å²) in [5, 5.41) is 6.15. The maximum Gasteiger partial charge on any atom is 0.303 e. The molecule has 0 unspecified atom stereocenters. The summed E-state index contributed by atoms with van der Waals surface area (Å²) >= 11 is 1.18. The Balaban J connectivity index is 2.48. The molecular weight excluding hydrogens is 520 g/mol. The van der Waals surface area contributed by atoms with E-state index in [0.29, 0.717) is 18.9 Å². The highest BCUT2D eigenvalue weighted by molar-refractivity contribution is 7.99. The van der Waals surface area contributed by atoms with Crippen LogP contribution in [0.3, 0.4) is 0 Å². The summed E-state index contributed by atoms with van der Waals surface area (Å²) in [7, 11) is 0. The number of nitrogens with one attached hydrogen (secondary N) is 2. The van der Waals surface area contributed by atoms with Crippen LogP contribution in [-0.2, 0) is 47.7 Å². The van der Waals surface area contributed by atoms with Gasteiger partial charge in [0.2, 0.25) is 5.91 Å². The molecule has 9 atom stereocenters. The molecule has 38 heavy (non-hydrogen) atoms. The zero-order chi connectivity index (χ0) is 28.6. The molecule has 12 nitrogen and oxygen atoms in total. The lowest BCUT2D eigenvalue weighted by molar-refractivity contribution is -0.239. The molecule has 0 aliphatic carbocycles. The number of thioether (sulfide) groups is 1. The van der Waals surface area contributed by atoms with Gasteiger partial charge < -0.3 is 34.3 Å². The lowest BCUT2D eigenvalue weighted by atomic mass is 9.91. The Labute approximate surface area is 227 Å². The van der Waals surface area contributed by atoms with Crippen LogP contribution in [0.2, 0.25) is 0 Å². The minimum absolute atomic E-state index is 0.329. The van der Waals surface area contributed by atoms with Crippen molar-refractivity contribution in [3.63, 3.8) is 0 Å². The molecule has 0 bridgehead atoms. The van der Waals surface area contributed by atoms with Crippen LogP contribution in [0.4, 0.5) is 0 Å². The number of hydrogen-bond acceptors (Lipinski definition) is 12. The molecule has 1 amide bonds. The van der Waals surface area contributed by atoms with Crippen molar-refractivity contribution in [2.24, 2.45) is 5.92 Å². The second-order valence-corrected chi connectivity index (χ2v) is 10.6. The Bertz CT molecular complexity index is 871. The van der Waals surface area contributed by atoms with Crippen molar-refractivity contribution in [1.82, 2.24) is 10.6 Å². The highest BCUT2D eigenvalue weighted by Crippen LogP contribution is 2.35. The maximum absolute atomic E-state index is 13.4. The van der Waals surface area contributed by atoms with Crippen LogP contribution in [0, 0.1) is 5.92 Å². The van der Waals surface area contributed by atoms with E-state index in [9.17, 15) is 24.0 Å². The summed E-state index contributed by atoms with van der Waals surface area (Å²) in [6, 6.07) is -1.47. The Morgan fingerprint density at radius 1 is 0.947 bits per heavy atom. The van der Waals surface area contributed by atoms with E-state index in [1.807, 2.05) is 0 Å². The fourth-order valence-electron chi connectivity index (χ4n) is 4.99. The van der Waals surface area contributed by atoms with Gasteiger partial charge in [0.15, 0.2) is 18.3 Å². The normalized spacial score (nSPS) is 30.4. The molecule has 0 aromatic heterocycles. The van der Waals surface area contributed by atoms with E-state index in [-0.39, 0.29) is 5.91 Å². The molecule has 2 fully saturated rings. The van der Waals surface area contributed by atoms with Crippen molar-refractivity contribution in [3.05, 3.63) is 0 Å².